The molecule has 0 radical (unpaired) electrons. The molecular weight excluding hydrogens is 397 g/mol. The molecule has 0 saturated carbocycles. The summed E-state index contributed by atoms with van der Waals surface area (Å²) in [5, 5.41) is 0. The monoisotopic (exact) mass is 415 g/mol. The van der Waals surface area contributed by atoms with Crippen LogP contribution in [-0.2, 0) is 14.8 Å². The largest absolute Gasteiger partial charge is 0.495 e. The summed E-state index contributed by atoms with van der Waals surface area (Å²) >= 11 is 0. The Balaban J connectivity index is 2.11. The average molecular weight is 415 g/mol. The SMILES string of the molecule is COC(=O)c1ccc(-c2ccccc2)cc1NS(=O)(=O)c1cc(F)ccc1OC. The number of nitrogens with one attached hydrogen (secondary N) is 1. The number of carbonyl (C=O) groups excluding carboxylic acids is 1. The average Bonchev–Trinajstić information content (AvgIpc) is 2.73. The van der Waals surface area contributed by atoms with Crippen molar-refractivity contribution in [3.8, 4) is 16.9 Å². The number of esters is 1. The molecule has 29 heavy (non-hydrogen) atoms. The Morgan fingerprint density at radius 2 is 1.66 bits per heavy atom. The maximum absolute atomic E-state index is 13.7. The lowest BCUT2D eigenvalue weighted by Crippen LogP contribution is -2.17. The fraction of sp³-hybridized carbons (Fsp3) is 0.0952. The lowest BCUT2D eigenvalue weighted by Gasteiger charge is -2.15. The third-order valence-electron chi connectivity index (χ3n) is 4.19. The number of sulfonamides is 1. The minimum absolute atomic E-state index is 0.00418. The Bertz CT molecular complexity index is 1150. The second-order valence-corrected chi connectivity index (χ2v) is 7.67. The Hall–Kier alpha value is -3.39. The normalized spacial score (nSPS) is 11.0. The van der Waals surface area contributed by atoms with Crippen LogP contribution in [0, 0.1) is 5.82 Å². The number of rotatable bonds is 6. The lowest BCUT2D eigenvalue weighted by molar-refractivity contribution is 0.0602. The van der Waals surface area contributed by atoms with Gasteiger partial charge in [-0.3, -0.25) is 4.72 Å². The summed E-state index contributed by atoms with van der Waals surface area (Å²) in [5.41, 5.74) is 1.53. The van der Waals surface area contributed by atoms with E-state index in [1.165, 1.54) is 32.4 Å². The van der Waals surface area contributed by atoms with Gasteiger partial charge < -0.3 is 9.47 Å². The summed E-state index contributed by atoms with van der Waals surface area (Å²) in [6, 6.07) is 17.0. The molecule has 3 aromatic rings. The molecule has 0 aromatic heterocycles. The molecule has 0 amide bonds. The van der Waals surface area contributed by atoms with Crippen molar-refractivity contribution in [2.45, 2.75) is 4.90 Å². The molecule has 3 aromatic carbocycles. The molecule has 8 heteroatoms. The molecule has 0 fully saturated rings. The van der Waals surface area contributed by atoms with Gasteiger partial charge in [-0.25, -0.2) is 17.6 Å². The van der Waals surface area contributed by atoms with Crippen molar-refractivity contribution in [1.82, 2.24) is 0 Å². The number of hydrogen-bond acceptors (Lipinski definition) is 5. The molecule has 0 spiro atoms. The van der Waals surface area contributed by atoms with Crippen molar-refractivity contribution in [2.24, 2.45) is 0 Å². The number of benzene rings is 3. The van der Waals surface area contributed by atoms with Gasteiger partial charge in [0.15, 0.2) is 0 Å². The van der Waals surface area contributed by atoms with Gasteiger partial charge in [-0.15, -0.1) is 0 Å². The van der Waals surface area contributed by atoms with Gasteiger partial charge in [0.25, 0.3) is 10.0 Å². The van der Waals surface area contributed by atoms with Crippen molar-refractivity contribution in [3.05, 3.63) is 78.1 Å². The molecule has 0 bridgehead atoms. The number of halogens is 1. The number of carbonyl (C=O) groups is 1. The second kappa shape index (κ2) is 8.32. The zero-order valence-corrected chi connectivity index (χ0v) is 16.5. The van der Waals surface area contributed by atoms with Gasteiger partial charge in [-0.1, -0.05) is 36.4 Å². The van der Waals surface area contributed by atoms with E-state index in [0.717, 1.165) is 17.7 Å². The Morgan fingerprint density at radius 1 is 0.931 bits per heavy atom. The molecular formula is C21H18FNO5S. The van der Waals surface area contributed by atoms with Crippen molar-refractivity contribution in [2.75, 3.05) is 18.9 Å². The lowest BCUT2D eigenvalue weighted by atomic mass is 10.0. The quantitative estimate of drug-likeness (QED) is 0.614. The van der Waals surface area contributed by atoms with Crippen LogP contribution >= 0.6 is 0 Å². The highest BCUT2D eigenvalue weighted by Gasteiger charge is 2.24. The van der Waals surface area contributed by atoms with Crippen LogP contribution in [0.3, 0.4) is 0 Å². The summed E-state index contributed by atoms with van der Waals surface area (Å²) in [6.07, 6.45) is 0. The third-order valence-corrected chi connectivity index (χ3v) is 5.58. The van der Waals surface area contributed by atoms with Crippen LogP contribution < -0.4 is 9.46 Å². The molecule has 150 valence electrons. The highest BCUT2D eigenvalue weighted by atomic mass is 32.2. The summed E-state index contributed by atoms with van der Waals surface area (Å²) in [4.78, 5) is 11.8. The van der Waals surface area contributed by atoms with Gasteiger partial charge in [0, 0.05) is 0 Å². The Morgan fingerprint density at radius 3 is 2.31 bits per heavy atom. The summed E-state index contributed by atoms with van der Waals surface area (Å²) in [7, 11) is -1.79. The minimum Gasteiger partial charge on any atom is -0.495 e. The van der Waals surface area contributed by atoms with Crippen molar-refractivity contribution in [3.63, 3.8) is 0 Å². The number of methoxy groups -OCH3 is 2. The van der Waals surface area contributed by atoms with E-state index in [1.807, 2.05) is 30.3 Å². The van der Waals surface area contributed by atoms with Crippen LogP contribution in [0.25, 0.3) is 11.1 Å². The van der Waals surface area contributed by atoms with E-state index in [9.17, 15) is 17.6 Å². The standard InChI is InChI=1S/C21H18FNO5S/c1-27-19-11-9-16(22)13-20(19)29(25,26)23-18-12-15(14-6-4-3-5-7-14)8-10-17(18)21(24)28-2/h3-13,23H,1-2H3. The topological polar surface area (TPSA) is 81.7 Å². The first kappa shape index (κ1) is 20.3. The third kappa shape index (κ3) is 4.38. The van der Waals surface area contributed by atoms with Gasteiger partial charge in [-0.2, -0.15) is 0 Å². The molecule has 0 aliphatic heterocycles. The van der Waals surface area contributed by atoms with E-state index in [0.29, 0.717) is 5.56 Å². The van der Waals surface area contributed by atoms with Crippen LogP contribution in [0.2, 0.25) is 0 Å². The van der Waals surface area contributed by atoms with Gasteiger partial charge in [0.05, 0.1) is 25.5 Å². The van der Waals surface area contributed by atoms with Crippen LogP contribution in [0.1, 0.15) is 10.4 Å². The zero-order chi connectivity index (χ0) is 21.0. The first-order chi connectivity index (χ1) is 13.9. The Labute approximate surface area is 168 Å². The molecule has 0 heterocycles. The van der Waals surface area contributed by atoms with Gasteiger partial charge in [0.2, 0.25) is 0 Å². The van der Waals surface area contributed by atoms with Gasteiger partial charge in [-0.05, 0) is 41.5 Å². The molecule has 0 unspecified atom stereocenters. The molecule has 0 atom stereocenters. The van der Waals surface area contributed by atoms with Crippen molar-refractivity contribution >= 4 is 21.7 Å². The minimum atomic E-state index is -4.26. The first-order valence-corrected chi connectivity index (χ1v) is 9.98. The second-order valence-electron chi connectivity index (χ2n) is 6.02. The molecule has 6 nitrogen and oxygen atoms in total. The summed E-state index contributed by atoms with van der Waals surface area (Å²) < 4.78 is 51.7. The van der Waals surface area contributed by atoms with E-state index in [-0.39, 0.29) is 21.9 Å². The summed E-state index contributed by atoms with van der Waals surface area (Å²) in [5.74, 6) is -1.48. The van der Waals surface area contributed by atoms with Crippen molar-refractivity contribution < 1.29 is 27.1 Å². The highest BCUT2D eigenvalue weighted by Crippen LogP contribution is 2.31. The molecule has 1 N–H and O–H groups in total. The van der Waals surface area contributed by atoms with E-state index in [1.54, 1.807) is 6.07 Å². The van der Waals surface area contributed by atoms with E-state index in [4.69, 9.17) is 9.47 Å². The first-order valence-electron chi connectivity index (χ1n) is 8.50. The number of ether oxygens (including phenoxy) is 2. The highest BCUT2D eigenvalue weighted by molar-refractivity contribution is 7.92. The van der Waals surface area contributed by atoms with E-state index < -0.39 is 21.8 Å². The van der Waals surface area contributed by atoms with Crippen molar-refractivity contribution in [1.29, 1.82) is 0 Å². The molecule has 3 rings (SSSR count). The summed E-state index contributed by atoms with van der Waals surface area (Å²) in [6.45, 7) is 0. The fourth-order valence-corrected chi connectivity index (χ4v) is 4.04. The predicted molar refractivity (Wildman–Crippen MR) is 107 cm³/mol. The van der Waals surface area contributed by atoms with E-state index >= 15 is 0 Å². The van der Waals surface area contributed by atoms with Crippen LogP contribution in [-0.4, -0.2) is 28.6 Å². The smallest absolute Gasteiger partial charge is 0.339 e. The number of hydrogen-bond donors (Lipinski definition) is 1. The van der Waals surface area contributed by atoms with Crippen LogP contribution in [0.5, 0.6) is 5.75 Å². The van der Waals surface area contributed by atoms with E-state index in [2.05, 4.69) is 4.72 Å². The Kier molecular flexibility index (Phi) is 5.84. The van der Waals surface area contributed by atoms with Crippen LogP contribution in [0.4, 0.5) is 10.1 Å². The van der Waals surface area contributed by atoms with Gasteiger partial charge >= 0.3 is 5.97 Å². The fourth-order valence-electron chi connectivity index (χ4n) is 2.79. The zero-order valence-electron chi connectivity index (χ0n) is 15.7. The molecule has 0 aliphatic carbocycles. The van der Waals surface area contributed by atoms with Crippen LogP contribution in [0.15, 0.2) is 71.6 Å². The predicted octanol–water partition coefficient (Wildman–Crippen LogP) is 4.09. The van der Waals surface area contributed by atoms with Gasteiger partial charge in [0.1, 0.15) is 16.5 Å². The number of anilines is 1. The molecule has 0 aliphatic rings. The molecule has 0 saturated heterocycles. The maximum atomic E-state index is 13.7. The maximum Gasteiger partial charge on any atom is 0.339 e.